The molecule has 0 fully saturated rings. The minimum absolute atomic E-state index is 0.194. The lowest BCUT2D eigenvalue weighted by Crippen LogP contribution is -2.38. The maximum atomic E-state index is 12.1. The predicted octanol–water partition coefficient (Wildman–Crippen LogP) is 3.00. The van der Waals surface area contributed by atoms with Crippen molar-refractivity contribution < 1.29 is 18.0 Å². The number of rotatable bonds is 6. The summed E-state index contributed by atoms with van der Waals surface area (Å²) in [4.78, 5) is 24.4. The van der Waals surface area contributed by atoms with E-state index in [0.717, 1.165) is 11.8 Å². The first-order valence-electron chi connectivity index (χ1n) is 7.90. The van der Waals surface area contributed by atoms with Crippen molar-refractivity contribution in [1.82, 2.24) is 10.6 Å². The Morgan fingerprint density at radius 3 is 2.26 bits per heavy atom. The van der Waals surface area contributed by atoms with Gasteiger partial charge in [-0.15, -0.1) is 0 Å². The van der Waals surface area contributed by atoms with Crippen LogP contribution in [-0.2, 0) is 14.6 Å². The van der Waals surface area contributed by atoms with Gasteiger partial charge >= 0.3 is 0 Å². The number of halogens is 2. The molecule has 2 N–H and O–H groups in total. The SMILES string of the molecule is C[C@@H](NC(=O)CNC(=O)c1ccc(Cl)cc1Cl)c1ccc(S(C)(=O)=O)cc1. The Balaban J connectivity index is 1.92. The van der Waals surface area contributed by atoms with E-state index in [-0.39, 0.29) is 28.1 Å². The number of sulfone groups is 1. The van der Waals surface area contributed by atoms with E-state index in [0.29, 0.717) is 5.02 Å². The molecule has 2 amide bonds. The maximum Gasteiger partial charge on any atom is 0.253 e. The van der Waals surface area contributed by atoms with Crippen molar-refractivity contribution in [1.29, 1.82) is 0 Å². The van der Waals surface area contributed by atoms with E-state index in [1.165, 1.54) is 30.3 Å². The lowest BCUT2D eigenvalue weighted by Gasteiger charge is -2.15. The third kappa shape index (κ3) is 5.95. The van der Waals surface area contributed by atoms with Crippen molar-refractivity contribution in [3.8, 4) is 0 Å². The minimum atomic E-state index is -3.27. The molecule has 0 spiro atoms. The van der Waals surface area contributed by atoms with Crippen LogP contribution in [0.3, 0.4) is 0 Å². The van der Waals surface area contributed by atoms with E-state index < -0.39 is 21.7 Å². The van der Waals surface area contributed by atoms with Crippen molar-refractivity contribution in [2.75, 3.05) is 12.8 Å². The van der Waals surface area contributed by atoms with Crippen LogP contribution in [0.5, 0.6) is 0 Å². The highest BCUT2D eigenvalue weighted by molar-refractivity contribution is 7.90. The fourth-order valence-corrected chi connectivity index (χ4v) is 3.43. The molecule has 0 bridgehead atoms. The molecule has 9 heteroatoms. The van der Waals surface area contributed by atoms with E-state index >= 15 is 0 Å². The first-order chi connectivity index (χ1) is 12.6. The number of hydrogen-bond donors (Lipinski definition) is 2. The molecule has 0 unspecified atom stereocenters. The summed E-state index contributed by atoms with van der Waals surface area (Å²) in [6.45, 7) is 1.52. The molecular weight excluding hydrogens is 411 g/mol. The number of benzene rings is 2. The van der Waals surface area contributed by atoms with Gasteiger partial charge < -0.3 is 10.6 Å². The highest BCUT2D eigenvalue weighted by Gasteiger charge is 2.14. The zero-order chi connectivity index (χ0) is 20.2. The van der Waals surface area contributed by atoms with Crippen LogP contribution in [0.4, 0.5) is 0 Å². The summed E-state index contributed by atoms with van der Waals surface area (Å²) in [6.07, 6.45) is 1.13. The normalized spacial score (nSPS) is 12.3. The summed E-state index contributed by atoms with van der Waals surface area (Å²) in [5.74, 6) is -0.884. The fraction of sp³-hybridized carbons (Fsp3) is 0.222. The van der Waals surface area contributed by atoms with Gasteiger partial charge in [-0.25, -0.2) is 8.42 Å². The molecule has 27 heavy (non-hydrogen) atoms. The van der Waals surface area contributed by atoms with Gasteiger partial charge in [0.05, 0.1) is 28.1 Å². The molecule has 0 aliphatic rings. The molecule has 2 aromatic rings. The summed E-state index contributed by atoms with van der Waals surface area (Å²) >= 11 is 11.7. The number of carbonyl (C=O) groups excluding carboxylic acids is 2. The van der Waals surface area contributed by atoms with Gasteiger partial charge in [-0.3, -0.25) is 9.59 Å². The van der Waals surface area contributed by atoms with E-state index in [1.54, 1.807) is 19.1 Å². The minimum Gasteiger partial charge on any atom is -0.348 e. The van der Waals surface area contributed by atoms with Gasteiger partial charge in [-0.1, -0.05) is 35.3 Å². The molecule has 0 aliphatic heterocycles. The fourth-order valence-electron chi connectivity index (χ4n) is 2.31. The van der Waals surface area contributed by atoms with Crippen LogP contribution in [0.25, 0.3) is 0 Å². The van der Waals surface area contributed by atoms with E-state index in [2.05, 4.69) is 10.6 Å². The van der Waals surface area contributed by atoms with Gasteiger partial charge in [0.25, 0.3) is 5.91 Å². The molecular formula is C18H18Cl2N2O4S. The summed E-state index contributed by atoms with van der Waals surface area (Å²) in [7, 11) is -3.27. The quantitative estimate of drug-likeness (QED) is 0.739. The van der Waals surface area contributed by atoms with Crippen LogP contribution in [0, 0.1) is 0 Å². The van der Waals surface area contributed by atoms with Crippen LogP contribution in [-0.4, -0.2) is 33.0 Å². The van der Waals surface area contributed by atoms with Crippen LogP contribution in [0.15, 0.2) is 47.4 Å². The van der Waals surface area contributed by atoms with Crippen LogP contribution >= 0.6 is 23.2 Å². The van der Waals surface area contributed by atoms with Crippen LogP contribution in [0.1, 0.15) is 28.9 Å². The Hall–Kier alpha value is -2.09. The summed E-state index contributed by atoms with van der Waals surface area (Å²) in [6, 6.07) is 10.3. The molecule has 6 nitrogen and oxygen atoms in total. The van der Waals surface area contributed by atoms with Crippen LogP contribution in [0.2, 0.25) is 10.0 Å². The van der Waals surface area contributed by atoms with Gasteiger partial charge in [-0.05, 0) is 42.8 Å². The largest absolute Gasteiger partial charge is 0.348 e. The molecule has 1 atom stereocenters. The van der Waals surface area contributed by atoms with Crippen molar-refractivity contribution in [2.45, 2.75) is 17.9 Å². The first kappa shape index (κ1) is 21.2. The van der Waals surface area contributed by atoms with E-state index in [4.69, 9.17) is 23.2 Å². The summed E-state index contributed by atoms with van der Waals surface area (Å²) in [5.41, 5.74) is 0.959. The van der Waals surface area contributed by atoms with Gasteiger partial charge in [0.15, 0.2) is 9.84 Å². The van der Waals surface area contributed by atoms with Gasteiger partial charge in [0.1, 0.15) is 0 Å². The Morgan fingerprint density at radius 1 is 1.07 bits per heavy atom. The average Bonchev–Trinajstić information content (AvgIpc) is 2.59. The number of nitrogens with one attached hydrogen (secondary N) is 2. The van der Waals surface area contributed by atoms with Crippen molar-refractivity contribution in [3.63, 3.8) is 0 Å². The molecule has 144 valence electrons. The molecule has 0 saturated carbocycles. The zero-order valence-corrected chi connectivity index (χ0v) is 17.0. The van der Waals surface area contributed by atoms with Crippen molar-refractivity contribution in [3.05, 3.63) is 63.6 Å². The number of hydrogen-bond acceptors (Lipinski definition) is 4. The van der Waals surface area contributed by atoms with Crippen molar-refractivity contribution >= 4 is 44.9 Å². The molecule has 0 aromatic heterocycles. The Bertz CT molecular complexity index is 960. The third-order valence-electron chi connectivity index (χ3n) is 3.77. The molecule has 0 saturated heterocycles. The lowest BCUT2D eigenvalue weighted by molar-refractivity contribution is -0.120. The van der Waals surface area contributed by atoms with Crippen molar-refractivity contribution in [2.24, 2.45) is 0 Å². The second-order valence-corrected chi connectivity index (χ2v) is 8.80. The van der Waals surface area contributed by atoms with Gasteiger partial charge in [0, 0.05) is 11.3 Å². The molecule has 0 radical (unpaired) electrons. The Kier molecular flexibility index (Phi) is 6.86. The highest BCUT2D eigenvalue weighted by Crippen LogP contribution is 2.20. The number of carbonyl (C=O) groups is 2. The van der Waals surface area contributed by atoms with E-state index in [9.17, 15) is 18.0 Å². The molecule has 0 heterocycles. The maximum absolute atomic E-state index is 12.1. The van der Waals surface area contributed by atoms with Gasteiger partial charge in [-0.2, -0.15) is 0 Å². The molecule has 2 aromatic carbocycles. The molecule has 0 aliphatic carbocycles. The third-order valence-corrected chi connectivity index (χ3v) is 5.45. The predicted molar refractivity (Wildman–Crippen MR) is 105 cm³/mol. The first-order valence-corrected chi connectivity index (χ1v) is 10.6. The summed E-state index contributed by atoms with van der Waals surface area (Å²) < 4.78 is 22.9. The lowest BCUT2D eigenvalue weighted by atomic mass is 10.1. The Morgan fingerprint density at radius 2 is 1.70 bits per heavy atom. The highest BCUT2D eigenvalue weighted by atomic mass is 35.5. The topological polar surface area (TPSA) is 92.3 Å². The Labute approximate surface area is 167 Å². The smallest absolute Gasteiger partial charge is 0.253 e. The second-order valence-electron chi connectivity index (χ2n) is 5.94. The number of amides is 2. The monoisotopic (exact) mass is 428 g/mol. The zero-order valence-electron chi connectivity index (χ0n) is 14.6. The summed E-state index contributed by atoms with van der Waals surface area (Å²) in [5, 5.41) is 5.82. The second kappa shape index (κ2) is 8.73. The average molecular weight is 429 g/mol. The van der Waals surface area contributed by atoms with Gasteiger partial charge in [0.2, 0.25) is 5.91 Å². The standard InChI is InChI=1S/C18H18Cl2N2O4S/c1-11(12-3-6-14(7-4-12)27(2,25)26)22-17(23)10-21-18(24)15-8-5-13(19)9-16(15)20/h3-9,11H,10H2,1-2H3,(H,21,24)(H,22,23)/t11-/m1/s1. The van der Waals surface area contributed by atoms with E-state index in [1.807, 2.05) is 0 Å². The van der Waals surface area contributed by atoms with Crippen LogP contribution < -0.4 is 10.6 Å². The molecule has 2 rings (SSSR count).